The lowest BCUT2D eigenvalue weighted by atomic mass is 9.81. The number of rotatable bonds is 1. The number of carbonyl (C=O) groups excluding carboxylic acids is 2. The molecule has 2 saturated carbocycles. The Morgan fingerprint density at radius 2 is 1.50 bits per heavy atom. The second-order valence-electron chi connectivity index (χ2n) is 8.03. The zero-order valence-corrected chi connectivity index (χ0v) is 15.1. The van der Waals surface area contributed by atoms with Crippen molar-refractivity contribution in [2.24, 2.45) is 11.8 Å². The molecule has 4 heteroatoms. The van der Waals surface area contributed by atoms with Crippen LogP contribution in [0.25, 0.3) is 0 Å². The highest BCUT2D eigenvalue weighted by atomic mass is 16.2. The molecule has 1 heterocycles. The lowest BCUT2D eigenvalue weighted by Crippen LogP contribution is -2.52. The van der Waals surface area contributed by atoms with E-state index in [9.17, 15) is 9.59 Å². The van der Waals surface area contributed by atoms with Crippen LogP contribution in [0.2, 0.25) is 0 Å². The van der Waals surface area contributed by atoms with Gasteiger partial charge in [0, 0.05) is 25.0 Å². The van der Waals surface area contributed by atoms with E-state index < -0.39 is 0 Å². The van der Waals surface area contributed by atoms with Gasteiger partial charge in [0.05, 0.1) is 5.92 Å². The maximum Gasteiger partial charge on any atom is 0.225 e. The van der Waals surface area contributed by atoms with Crippen LogP contribution in [0.15, 0.2) is 0 Å². The van der Waals surface area contributed by atoms with Crippen molar-refractivity contribution in [1.29, 1.82) is 0 Å². The number of hydrogen-bond donors (Lipinski definition) is 1. The number of amides is 2. The fraction of sp³-hybridized carbons (Fsp3) is 0.900. The topological polar surface area (TPSA) is 49.4 Å². The third-order valence-electron chi connectivity index (χ3n) is 6.33. The first-order valence-electron chi connectivity index (χ1n) is 10.4. The molecule has 1 aliphatic heterocycles. The van der Waals surface area contributed by atoms with Gasteiger partial charge >= 0.3 is 0 Å². The largest absolute Gasteiger partial charge is 0.356 e. The number of nitrogens with one attached hydrogen (secondary N) is 1. The Balaban J connectivity index is 1.77. The molecule has 2 atom stereocenters. The van der Waals surface area contributed by atoms with Crippen LogP contribution < -0.4 is 5.32 Å². The minimum absolute atomic E-state index is 0.0180. The molecular weight excluding hydrogens is 300 g/mol. The molecular formula is C20H34N2O2. The molecule has 0 aromatic carbocycles. The minimum Gasteiger partial charge on any atom is -0.356 e. The van der Waals surface area contributed by atoms with Gasteiger partial charge < -0.3 is 10.2 Å². The second-order valence-corrected chi connectivity index (χ2v) is 8.03. The Morgan fingerprint density at radius 3 is 2.33 bits per heavy atom. The highest BCUT2D eigenvalue weighted by Gasteiger charge is 2.38. The summed E-state index contributed by atoms with van der Waals surface area (Å²) in [6.45, 7) is 1.67. The Kier molecular flexibility index (Phi) is 6.56. The van der Waals surface area contributed by atoms with Crippen molar-refractivity contribution in [2.45, 2.75) is 89.5 Å². The maximum absolute atomic E-state index is 13.3. The molecule has 1 N–H and O–H groups in total. The SMILES string of the molecule is O=C1NCCCCCCN(C(=O)C2CCCCC2)[C@H]2CCCC[C@@H]12. The molecule has 0 bridgehead atoms. The molecule has 1 saturated heterocycles. The standard InChI is InChI=1S/C20H34N2O2/c23-19-17-12-6-7-13-18(17)22(15-9-2-1-8-14-21-19)20(24)16-10-4-3-5-11-16/h16-18H,1-15H2,(H,21,23)/t17-,18+/m1/s1. The molecule has 24 heavy (non-hydrogen) atoms. The van der Waals surface area contributed by atoms with Crippen LogP contribution in [0.4, 0.5) is 0 Å². The average molecular weight is 335 g/mol. The zero-order chi connectivity index (χ0) is 16.8. The lowest BCUT2D eigenvalue weighted by molar-refractivity contribution is -0.143. The van der Waals surface area contributed by atoms with Crippen molar-refractivity contribution in [1.82, 2.24) is 10.2 Å². The van der Waals surface area contributed by atoms with Gasteiger partial charge in [-0.05, 0) is 38.5 Å². The summed E-state index contributed by atoms with van der Waals surface area (Å²) in [6.07, 6.45) is 14.5. The van der Waals surface area contributed by atoms with E-state index in [-0.39, 0.29) is 23.8 Å². The summed E-state index contributed by atoms with van der Waals surface area (Å²) in [4.78, 5) is 28.1. The smallest absolute Gasteiger partial charge is 0.225 e. The van der Waals surface area contributed by atoms with Gasteiger partial charge in [-0.25, -0.2) is 0 Å². The van der Waals surface area contributed by atoms with E-state index in [0.717, 1.165) is 70.9 Å². The van der Waals surface area contributed by atoms with Crippen LogP contribution in [0.1, 0.15) is 83.5 Å². The number of carbonyl (C=O) groups is 2. The quantitative estimate of drug-likeness (QED) is 0.796. The van der Waals surface area contributed by atoms with Crippen molar-refractivity contribution in [3.05, 3.63) is 0 Å². The van der Waals surface area contributed by atoms with Crippen LogP contribution in [0.3, 0.4) is 0 Å². The first-order valence-corrected chi connectivity index (χ1v) is 10.4. The number of nitrogens with zero attached hydrogens (tertiary/aromatic N) is 1. The highest BCUT2D eigenvalue weighted by molar-refractivity contribution is 5.83. The molecule has 3 aliphatic rings. The Bertz CT molecular complexity index is 431. The van der Waals surface area contributed by atoms with Gasteiger partial charge in [0.1, 0.15) is 0 Å². The summed E-state index contributed by atoms with van der Waals surface area (Å²) in [5.41, 5.74) is 0. The highest BCUT2D eigenvalue weighted by Crippen LogP contribution is 2.33. The predicted molar refractivity (Wildman–Crippen MR) is 95.5 cm³/mol. The molecule has 2 amide bonds. The van der Waals surface area contributed by atoms with Gasteiger partial charge in [-0.15, -0.1) is 0 Å². The Labute approximate surface area is 146 Å². The van der Waals surface area contributed by atoms with Crippen LogP contribution in [0.5, 0.6) is 0 Å². The molecule has 0 unspecified atom stereocenters. The molecule has 0 aromatic heterocycles. The summed E-state index contributed by atoms with van der Waals surface area (Å²) in [7, 11) is 0. The molecule has 136 valence electrons. The van der Waals surface area contributed by atoms with Gasteiger partial charge in [-0.1, -0.05) is 44.9 Å². The molecule has 3 rings (SSSR count). The normalized spacial score (nSPS) is 30.8. The van der Waals surface area contributed by atoms with Crippen LogP contribution in [-0.4, -0.2) is 35.8 Å². The molecule has 3 fully saturated rings. The molecule has 0 aromatic rings. The van der Waals surface area contributed by atoms with Crippen molar-refractivity contribution >= 4 is 11.8 Å². The molecule has 2 aliphatic carbocycles. The fourth-order valence-electron chi connectivity index (χ4n) is 4.92. The average Bonchev–Trinajstić information content (AvgIpc) is 2.67. The number of fused-ring (bicyclic) bond motifs is 1. The lowest BCUT2D eigenvalue weighted by Gasteiger charge is -2.41. The van der Waals surface area contributed by atoms with E-state index in [0.29, 0.717) is 5.91 Å². The van der Waals surface area contributed by atoms with Crippen molar-refractivity contribution in [3.8, 4) is 0 Å². The van der Waals surface area contributed by atoms with Gasteiger partial charge in [0.15, 0.2) is 0 Å². The molecule has 0 spiro atoms. The summed E-state index contributed by atoms with van der Waals surface area (Å²) in [5.74, 6) is 0.792. The summed E-state index contributed by atoms with van der Waals surface area (Å²) >= 11 is 0. The first-order chi connectivity index (χ1) is 11.8. The first kappa shape index (κ1) is 17.8. The monoisotopic (exact) mass is 334 g/mol. The van der Waals surface area contributed by atoms with Gasteiger partial charge in [0.2, 0.25) is 11.8 Å². The summed E-state index contributed by atoms with van der Waals surface area (Å²) in [5, 5.41) is 3.14. The van der Waals surface area contributed by atoms with Crippen LogP contribution in [-0.2, 0) is 9.59 Å². The Morgan fingerprint density at radius 1 is 0.833 bits per heavy atom. The summed E-state index contributed by atoms with van der Waals surface area (Å²) in [6, 6.07) is 0.145. The van der Waals surface area contributed by atoms with E-state index in [4.69, 9.17) is 0 Å². The zero-order valence-electron chi connectivity index (χ0n) is 15.1. The van der Waals surface area contributed by atoms with E-state index in [1.165, 1.54) is 25.7 Å². The number of hydrogen-bond acceptors (Lipinski definition) is 2. The Hall–Kier alpha value is -1.06. The van der Waals surface area contributed by atoms with Crippen molar-refractivity contribution < 1.29 is 9.59 Å². The van der Waals surface area contributed by atoms with Gasteiger partial charge in [0.25, 0.3) is 0 Å². The van der Waals surface area contributed by atoms with Crippen LogP contribution >= 0.6 is 0 Å². The third-order valence-corrected chi connectivity index (χ3v) is 6.33. The fourth-order valence-corrected chi connectivity index (χ4v) is 4.92. The van der Waals surface area contributed by atoms with Crippen molar-refractivity contribution in [3.63, 3.8) is 0 Å². The van der Waals surface area contributed by atoms with E-state index >= 15 is 0 Å². The molecule has 0 radical (unpaired) electrons. The summed E-state index contributed by atoms with van der Waals surface area (Å²) < 4.78 is 0. The molecule has 4 nitrogen and oxygen atoms in total. The second kappa shape index (κ2) is 8.87. The minimum atomic E-state index is 0.0180. The van der Waals surface area contributed by atoms with E-state index in [1.807, 2.05) is 0 Å². The van der Waals surface area contributed by atoms with Gasteiger partial charge in [-0.3, -0.25) is 9.59 Å². The van der Waals surface area contributed by atoms with E-state index in [1.54, 1.807) is 0 Å². The van der Waals surface area contributed by atoms with Crippen LogP contribution in [0, 0.1) is 11.8 Å². The third kappa shape index (κ3) is 4.31. The van der Waals surface area contributed by atoms with Crippen molar-refractivity contribution in [2.75, 3.05) is 13.1 Å². The van der Waals surface area contributed by atoms with Gasteiger partial charge in [-0.2, -0.15) is 0 Å². The van der Waals surface area contributed by atoms with E-state index in [2.05, 4.69) is 10.2 Å². The maximum atomic E-state index is 13.3. The predicted octanol–water partition coefficient (Wildman–Crippen LogP) is 3.64.